The molecule has 0 saturated carbocycles. The van der Waals surface area contributed by atoms with Crippen LogP contribution in [0.5, 0.6) is 0 Å². The van der Waals surface area contributed by atoms with E-state index in [4.69, 9.17) is 19.1 Å². The number of carbonyl (C=O) groups is 2. The van der Waals surface area contributed by atoms with Crippen LogP contribution in [0.4, 0.5) is 0 Å². The van der Waals surface area contributed by atoms with E-state index in [-0.39, 0.29) is 31.0 Å². The molecule has 2 N–H and O–H groups in total. The Morgan fingerprint density at radius 3 is 2.17 bits per heavy atom. The molecular formula is C14H27NaO8S. The molecule has 0 heterocycles. The number of rotatable bonds is 13. The Balaban J connectivity index is -0.00000242. The van der Waals surface area contributed by atoms with Gasteiger partial charge in [0.05, 0.1) is 13.0 Å². The van der Waals surface area contributed by atoms with Crippen LogP contribution in [0.15, 0.2) is 0 Å². The first-order valence-corrected chi connectivity index (χ1v) is 9.19. The van der Waals surface area contributed by atoms with Crippen LogP contribution >= 0.6 is 0 Å². The van der Waals surface area contributed by atoms with E-state index in [0.29, 0.717) is 6.61 Å². The summed E-state index contributed by atoms with van der Waals surface area (Å²) >= 11 is 0. The Morgan fingerprint density at radius 1 is 1.12 bits per heavy atom. The summed E-state index contributed by atoms with van der Waals surface area (Å²) in [7, 11) is -4.85. The van der Waals surface area contributed by atoms with Gasteiger partial charge in [0, 0.05) is 0 Å². The molecule has 0 aliphatic heterocycles. The maximum Gasteiger partial charge on any atom is 1.00 e. The average Bonchev–Trinajstić information content (AvgIpc) is 2.42. The predicted molar refractivity (Wildman–Crippen MR) is 83.6 cm³/mol. The molecule has 0 radical (unpaired) electrons. The topological polar surface area (TPSA) is 127 Å². The minimum atomic E-state index is -4.85. The van der Waals surface area contributed by atoms with E-state index in [1.807, 2.05) is 0 Å². The van der Waals surface area contributed by atoms with Crippen LogP contribution in [-0.2, 0) is 29.2 Å². The summed E-state index contributed by atoms with van der Waals surface area (Å²) in [6, 6.07) is 0. The number of hydrogen-bond donors (Lipinski definition) is 2. The van der Waals surface area contributed by atoms with Gasteiger partial charge in [0.25, 0.3) is 10.1 Å². The number of ether oxygens (including phenoxy) is 2. The van der Waals surface area contributed by atoms with Gasteiger partial charge in [-0.1, -0.05) is 39.0 Å². The molecule has 0 bridgehead atoms. The molecule has 0 aromatic rings. The molecule has 0 fully saturated rings. The van der Waals surface area contributed by atoms with Gasteiger partial charge in [-0.25, -0.2) is 0 Å². The predicted octanol–water partition coefficient (Wildman–Crippen LogP) is -0.900. The first-order chi connectivity index (χ1) is 10.7. The standard InChI is InChI=1S/C14H26O8S.Na.H/c1-3-4-5-6-7-8-9-21-11(2)22-14(17)12(10-13(15)16)23(18,19)20;;/h11-12H,3-10H2,1-2H3,(H,15,16)(H,18,19,20);;/q;+1;-1. The second kappa shape index (κ2) is 14.0. The fourth-order valence-corrected chi connectivity index (χ4v) is 2.53. The third-order valence-electron chi connectivity index (χ3n) is 3.12. The van der Waals surface area contributed by atoms with Gasteiger partial charge in [0.2, 0.25) is 0 Å². The normalized spacial score (nSPS) is 13.6. The van der Waals surface area contributed by atoms with Crippen molar-refractivity contribution in [2.45, 2.75) is 70.3 Å². The van der Waals surface area contributed by atoms with Crippen molar-refractivity contribution >= 4 is 22.1 Å². The Bertz CT molecular complexity index is 471. The number of carboxylic acid groups (broad SMARTS) is 1. The Kier molecular flexibility index (Phi) is 15.2. The molecule has 0 aliphatic carbocycles. The van der Waals surface area contributed by atoms with Gasteiger partial charge in [-0.3, -0.25) is 14.1 Å². The molecule has 0 aliphatic rings. The van der Waals surface area contributed by atoms with Gasteiger partial charge < -0.3 is 16.0 Å². The molecule has 0 saturated heterocycles. The molecule has 2 unspecified atom stereocenters. The Hall–Kier alpha value is -0.190. The van der Waals surface area contributed by atoms with E-state index in [1.54, 1.807) is 0 Å². The summed E-state index contributed by atoms with van der Waals surface area (Å²) in [5.74, 6) is -2.88. The third-order valence-corrected chi connectivity index (χ3v) is 4.19. The van der Waals surface area contributed by atoms with Crippen molar-refractivity contribution in [3.8, 4) is 0 Å². The largest absolute Gasteiger partial charge is 1.00 e. The first-order valence-electron chi connectivity index (χ1n) is 7.68. The van der Waals surface area contributed by atoms with Gasteiger partial charge in [-0.15, -0.1) is 0 Å². The number of carboxylic acids is 1. The van der Waals surface area contributed by atoms with Crippen molar-refractivity contribution in [2.24, 2.45) is 0 Å². The van der Waals surface area contributed by atoms with Crippen molar-refractivity contribution in [3.05, 3.63) is 0 Å². The van der Waals surface area contributed by atoms with Gasteiger partial charge in [-0.05, 0) is 13.3 Å². The summed E-state index contributed by atoms with van der Waals surface area (Å²) in [4.78, 5) is 22.2. The van der Waals surface area contributed by atoms with E-state index < -0.39 is 40.0 Å². The molecular weight excluding hydrogens is 351 g/mol. The third kappa shape index (κ3) is 13.1. The summed E-state index contributed by atoms with van der Waals surface area (Å²) in [6.07, 6.45) is 4.28. The fourth-order valence-electron chi connectivity index (χ4n) is 1.87. The molecule has 138 valence electrons. The number of esters is 1. The summed E-state index contributed by atoms with van der Waals surface area (Å²) in [6.45, 7) is 3.87. The van der Waals surface area contributed by atoms with Crippen LogP contribution < -0.4 is 29.6 Å². The van der Waals surface area contributed by atoms with Crippen LogP contribution in [0.25, 0.3) is 0 Å². The van der Waals surface area contributed by atoms with Crippen LogP contribution in [0, 0.1) is 0 Å². The zero-order valence-electron chi connectivity index (χ0n) is 15.6. The second-order valence-electron chi connectivity index (χ2n) is 5.24. The Labute approximate surface area is 166 Å². The van der Waals surface area contributed by atoms with Crippen molar-refractivity contribution in [3.63, 3.8) is 0 Å². The van der Waals surface area contributed by atoms with Gasteiger partial charge >= 0.3 is 41.5 Å². The maximum atomic E-state index is 11.6. The smallest absolute Gasteiger partial charge is 1.00 e. The van der Waals surface area contributed by atoms with Gasteiger partial charge in [0.1, 0.15) is 0 Å². The molecule has 0 amide bonds. The number of aliphatic carboxylic acids is 1. The average molecular weight is 378 g/mol. The molecule has 0 rings (SSSR count). The van der Waals surface area contributed by atoms with E-state index in [1.165, 1.54) is 13.3 Å². The minimum Gasteiger partial charge on any atom is -1.00 e. The van der Waals surface area contributed by atoms with Crippen LogP contribution in [0.3, 0.4) is 0 Å². The van der Waals surface area contributed by atoms with Crippen molar-refractivity contribution in [2.75, 3.05) is 6.61 Å². The van der Waals surface area contributed by atoms with Gasteiger partial charge in [-0.2, -0.15) is 8.42 Å². The van der Waals surface area contributed by atoms with Gasteiger partial charge in [0.15, 0.2) is 11.5 Å². The summed E-state index contributed by atoms with van der Waals surface area (Å²) in [5.41, 5.74) is 0. The summed E-state index contributed by atoms with van der Waals surface area (Å²) < 4.78 is 40.9. The fraction of sp³-hybridized carbons (Fsp3) is 0.857. The Morgan fingerprint density at radius 2 is 1.67 bits per heavy atom. The molecule has 8 nitrogen and oxygen atoms in total. The second-order valence-corrected chi connectivity index (χ2v) is 6.84. The molecule has 0 aromatic heterocycles. The molecule has 2 atom stereocenters. The summed E-state index contributed by atoms with van der Waals surface area (Å²) in [5, 5.41) is 6.42. The van der Waals surface area contributed by atoms with Crippen molar-refractivity contribution < 1.29 is 68.1 Å². The van der Waals surface area contributed by atoms with Crippen molar-refractivity contribution in [1.29, 1.82) is 0 Å². The maximum absolute atomic E-state index is 11.6. The quantitative estimate of drug-likeness (QED) is 0.139. The van der Waals surface area contributed by atoms with E-state index >= 15 is 0 Å². The van der Waals surface area contributed by atoms with E-state index in [2.05, 4.69) is 6.92 Å². The van der Waals surface area contributed by atoms with Crippen LogP contribution in [0.2, 0.25) is 0 Å². The van der Waals surface area contributed by atoms with Crippen molar-refractivity contribution in [1.82, 2.24) is 0 Å². The molecule has 24 heavy (non-hydrogen) atoms. The monoisotopic (exact) mass is 378 g/mol. The zero-order chi connectivity index (χ0) is 17.9. The molecule has 0 aromatic carbocycles. The SMILES string of the molecule is CCCCCCCCOC(C)OC(=O)C(CC(=O)O)S(=O)(=O)O.[H-].[Na+]. The minimum absolute atomic E-state index is 0. The number of hydrogen-bond acceptors (Lipinski definition) is 6. The van der Waals surface area contributed by atoms with E-state index in [9.17, 15) is 18.0 Å². The van der Waals surface area contributed by atoms with E-state index in [0.717, 1.165) is 32.1 Å². The molecule has 10 heteroatoms. The molecule has 0 spiro atoms. The first kappa shape index (κ1) is 26.0. The number of unbranched alkanes of at least 4 members (excludes halogenated alkanes) is 5. The number of carbonyl (C=O) groups excluding carboxylic acids is 1. The zero-order valence-corrected chi connectivity index (χ0v) is 17.4. The van der Waals surface area contributed by atoms with Crippen LogP contribution in [0.1, 0.15) is 60.2 Å². The van der Waals surface area contributed by atoms with Crippen LogP contribution in [-0.4, -0.2) is 48.2 Å².